The Hall–Kier alpha value is -1.71. The summed E-state index contributed by atoms with van der Waals surface area (Å²) in [6.07, 6.45) is 0. The highest BCUT2D eigenvalue weighted by Crippen LogP contribution is 2.25. The molecular weight excluding hydrogens is 226 g/mol. The van der Waals surface area contributed by atoms with Crippen LogP contribution in [0.3, 0.4) is 0 Å². The minimum Gasteiger partial charge on any atom is -0.399 e. The third kappa shape index (κ3) is 3.39. The summed E-state index contributed by atoms with van der Waals surface area (Å²) in [5.41, 5.74) is 13.1. The van der Waals surface area contributed by atoms with E-state index < -0.39 is 5.91 Å². The lowest BCUT2D eigenvalue weighted by atomic mass is 10.1. The Bertz CT molecular complexity index is 427. The molecule has 1 rings (SSSR count). The Morgan fingerprint density at radius 1 is 1.28 bits per heavy atom. The smallest absolute Gasteiger partial charge is 0.250 e. The lowest BCUT2D eigenvalue weighted by Crippen LogP contribution is -2.35. The predicted octanol–water partition coefficient (Wildman–Crippen LogP) is 2.24. The van der Waals surface area contributed by atoms with E-state index in [2.05, 4.69) is 32.6 Å². The topological polar surface area (TPSA) is 72.3 Å². The predicted molar refractivity (Wildman–Crippen MR) is 76.7 cm³/mol. The van der Waals surface area contributed by atoms with E-state index >= 15 is 0 Å². The van der Waals surface area contributed by atoms with Crippen LogP contribution in [0.25, 0.3) is 0 Å². The maximum absolute atomic E-state index is 11.5. The Labute approximate surface area is 109 Å². The minimum atomic E-state index is -0.438. The van der Waals surface area contributed by atoms with Gasteiger partial charge in [-0.1, -0.05) is 13.8 Å². The molecule has 18 heavy (non-hydrogen) atoms. The van der Waals surface area contributed by atoms with Crippen molar-refractivity contribution >= 4 is 17.3 Å². The van der Waals surface area contributed by atoms with Crippen molar-refractivity contribution in [1.29, 1.82) is 0 Å². The first kappa shape index (κ1) is 14.4. The molecule has 0 unspecified atom stereocenters. The van der Waals surface area contributed by atoms with Crippen molar-refractivity contribution in [2.24, 2.45) is 11.7 Å². The van der Waals surface area contributed by atoms with Crippen molar-refractivity contribution in [1.82, 2.24) is 0 Å². The number of carbonyl (C=O) groups is 1. The summed E-state index contributed by atoms with van der Waals surface area (Å²) in [6, 6.07) is 5.62. The summed E-state index contributed by atoms with van der Waals surface area (Å²) in [6.45, 7) is 9.38. The summed E-state index contributed by atoms with van der Waals surface area (Å²) in [5.74, 6) is 0.0670. The molecule has 1 aromatic rings. The standard InChI is InChI=1S/C14H23N3O/c1-9(2)8-17(10(3)4)13-6-5-11(15)7-12(13)14(16)18/h5-7,9-10H,8,15H2,1-4H3,(H2,16,18). The van der Waals surface area contributed by atoms with E-state index in [1.807, 2.05) is 6.07 Å². The number of carbonyl (C=O) groups excluding carboxylic acids is 1. The van der Waals surface area contributed by atoms with Gasteiger partial charge in [0.15, 0.2) is 0 Å². The normalized spacial score (nSPS) is 11.0. The number of benzene rings is 1. The zero-order chi connectivity index (χ0) is 13.9. The van der Waals surface area contributed by atoms with E-state index in [-0.39, 0.29) is 0 Å². The third-order valence-corrected chi connectivity index (χ3v) is 2.78. The Morgan fingerprint density at radius 2 is 1.89 bits per heavy atom. The highest BCUT2D eigenvalue weighted by Gasteiger charge is 2.18. The molecule has 0 aliphatic rings. The van der Waals surface area contributed by atoms with Crippen molar-refractivity contribution in [3.8, 4) is 0 Å². The Kier molecular flexibility index (Phi) is 4.59. The fraction of sp³-hybridized carbons (Fsp3) is 0.500. The molecule has 0 fully saturated rings. The summed E-state index contributed by atoms with van der Waals surface area (Å²) in [7, 11) is 0. The van der Waals surface area contributed by atoms with E-state index in [0.29, 0.717) is 23.2 Å². The second-order valence-corrected chi connectivity index (χ2v) is 5.28. The highest BCUT2D eigenvalue weighted by molar-refractivity contribution is 5.99. The average Bonchev–Trinajstić information content (AvgIpc) is 2.25. The molecule has 0 saturated heterocycles. The summed E-state index contributed by atoms with van der Waals surface area (Å²) < 4.78 is 0. The van der Waals surface area contributed by atoms with Crippen molar-refractivity contribution < 1.29 is 4.79 Å². The fourth-order valence-electron chi connectivity index (χ4n) is 1.98. The number of hydrogen-bond acceptors (Lipinski definition) is 3. The lowest BCUT2D eigenvalue weighted by molar-refractivity contribution is 0.100. The Morgan fingerprint density at radius 3 is 2.33 bits per heavy atom. The van der Waals surface area contributed by atoms with Gasteiger partial charge in [0, 0.05) is 24.0 Å². The van der Waals surface area contributed by atoms with Gasteiger partial charge in [0.25, 0.3) is 5.91 Å². The van der Waals surface area contributed by atoms with Gasteiger partial charge in [-0.3, -0.25) is 4.79 Å². The number of amides is 1. The molecule has 0 heterocycles. The van der Waals surface area contributed by atoms with E-state index in [9.17, 15) is 4.79 Å². The number of hydrogen-bond donors (Lipinski definition) is 2. The molecule has 0 aliphatic carbocycles. The van der Waals surface area contributed by atoms with Gasteiger partial charge in [-0.05, 0) is 38.0 Å². The number of nitrogens with two attached hydrogens (primary N) is 2. The molecule has 0 spiro atoms. The largest absolute Gasteiger partial charge is 0.399 e. The molecule has 1 aromatic carbocycles. The monoisotopic (exact) mass is 249 g/mol. The quantitative estimate of drug-likeness (QED) is 0.786. The van der Waals surface area contributed by atoms with Crippen LogP contribution in [0.15, 0.2) is 18.2 Å². The highest BCUT2D eigenvalue weighted by atomic mass is 16.1. The van der Waals surface area contributed by atoms with Gasteiger partial charge in [0.1, 0.15) is 0 Å². The fourth-order valence-corrected chi connectivity index (χ4v) is 1.98. The first-order valence-corrected chi connectivity index (χ1v) is 6.29. The number of nitrogen functional groups attached to an aromatic ring is 1. The molecule has 100 valence electrons. The molecule has 4 heteroatoms. The van der Waals surface area contributed by atoms with Gasteiger partial charge in [0.05, 0.1) is 5.56 Å². The van der Waals surface area contributed by atoms with Crippen LogP contribution in [-0.2, 0) is 0 Å². The average molecular weight is 249 g/mol. The van der Waals surface area contributed by atoms with E-state index in [1.54, 1.807) is 12.1 Å². The van der Waals surface area contributed by atoms with Crippen LogP contribution in [0, 0.1) is 5.92 Å². The molecule has 0 bridgehead atoms. The van der Waals surface area contributed by atoms with Crippen LogP contribution in [0.1, 0.15) is 38.1 Å². The molecular formula is C14H23N3O. The molecule has 4 nitrogen and oxygen atoms in total. The zero-order valence-electron chi connectivity index (χ0n) is 11.6. The van der Waals surface area contributed by atoms with Gasteiger partial charge in [-0.25, -0.2) is 0 Å². The number of nitrogens with zero attached hydrogens (tertiary/aromatic N) is 1. The first-order valence-electron chi connectivity index (χ1n) is 6.29. The summed E-state index contributed by atoms with van der Waals surface area (Å²) in [4.78, 5) is 13.7. The minimum absolute atomic E-state index is 0.300. The molecule has 1 amide bonds. The van der Waals surface area contributed by atoms with Crippen molar-refractivity contribution in [2.75, 3.05) is 17.2 Å². The zero-order valence-corrected chi connectivity index (χ0v) is 11.6. The second kappa shape index (κ2) is 5.76. The maximum Gasteiger partial charge on any atom is 0.250 e. The van der Waals surface area contributed by atoms with Crippen LogP contribution in [0.5, 0.6) is 0 Å². The SMILES string of the molecule is CC(C)CN(c1ccc(N)cc1C(N)=O)C(C)C. The van der Waals surface area contributed by atoms with Crippen LogP contribution < -0.4 is 16.4 Å². The van der Waals surface area contributed by atoms with Gasteiger partial charge in [-0.15, -0.1) is 0 Å². The Balaban J connectivity index is 3.22. The molecule has 0 aromatic heterocycles. The van der Waals surface area contributed by atoms with Crippen LogP contribution >= 0.6 is 0 Å². The van der Waals surface area contributed by atoms with E-state index in [4.69, 9.17) is 11.5 Å². The molecule has 4 N–H and O–H groups in total. The van der Waals surface area contributed by atoms with E-state index in [1.165, 1.54) is 0 Å². The third-order valence-electron chi connectivity index (χ3n) is 2.78. The molecule has 0 atom stereocenters. The van der Waals surface area contributed by atoms with Gasteiger partial charge < -0.3 is 16.4 Å². The van der Waals surface area contributed by atoms with Gasteiger partial charge in [0.2, 0.25) is 0 Å². The van der Waals surface area contributed by atoms with Crippen LogP contribution in [-0.4, -0.2) is 18.5 Å². The molecule has 0 aliphatic heterocycles. The van der Waals surface area contributed by atoms with Crippen molar-refractivity contribution in [3.63, 3.8) is 0 Å². The molecule has 0 radical (unpaired) electrons. The van der Waals surface area contributed by atoms with Crippen molar-refractivity contribution in [2.45, 2.75) is 33.7 Å². The lowest BCUT2D eigenvalue weighted by Gasteiger charge is -2.32. The summed E-state index contributed by atoms with van der Waals surface area (Å²) >= 11 is 0. The maximum atomic E-state index is 11.5. The number of primary amides is 1. The summed E-state index contributed by atoms with van der Waals surface area (Å²) in [5, 5.41) is 0. The van der Waals surface area contributed by atoms with Crippen LogP contribution in [0.2, 0.25) is 0 Å². The van der Waals surface area contributed by atoms with E-state index in [0.717, 1.165) is 12.2 Å². The van der Waals surface area contributed by atoms with Crippen molar-refractivity contribution in [3.05, 3.63) is 23.8 Å². The van der Waals surface area contributed by atoms with Crippen LogP contribution in [0.4, 0.5) is 11.4 Å². The number of rotatable bonds is 5. The molecule has 0 saturated carbocycles. The van der Waals surface area contributed by atoms with Gasteiger partial charge >= 0.3 is 0 Å². The first-order chi connectivity index (χ1) is 8.32. The number of anilines is 2. The van der Waals surface area contributed by atoms with Gasteiger partial charge in [-0.2, -0.15) is 0 Å². The second-order valence-electron chi connectivity index (χ2n) is 5.28.